The van der Waals surface area contributed by atoms with E-state index in [1.165, 1.54) is 4.90 Å². The van der Waals surface area contributed by atoms with Crippen molar-refractivity contribution in [3.8, 4) is 0 Å². The van der Waals surface area contributed by atoms with Crippen molar-refractivity contribution in [1.29, 1.82) is 0 Å². The van der Waals surface area contributed by atoms with Crippen LogP contribution in [0.5, 0.6) is 0 Å². The molecule has 5 heteroatoms. The molecule has 0 aliphatic carbocycles. The summed E-state index contributed by atoms with van der Waals surface area (Å²) in [7, 11) is 0. The van der Waals surface area contributed by atoms with Gasteiger partial charge in [0.2, 0.25) is 0 Å². The summed E-state index contributed by atoms with van der Waals surface area (Å²) in [6.07, 6.45) is 2.96. The molecule has 0 spiro atoms. The molecule has 0 atom stereocenters. The number of amides is 2. The van der Waals surface area contributed by atoms with Crippen molar-refractivity contribution < 1.29 is 9.59 Å². The van der Waals surface area contributed by atoms with E-state index in [0.29, 0.717) is 17.8 Å². The summed E-state index contributed by atoms with van der Waals surface area (Å²) < 4.78 is 0. The maximum absolute atomic E-state index is 13.3. The molecular weight excluding hydrogens is 350 g/mol. The molecule has 1 saturated heterocycles. The average molecular weight is 384 g/mol. The first-order valence-corrected chi connectivity index (χ1v) is 10.6. The Kier molecular flexibility index (Phi) is 6.55. The molecule has 1 aromatic carbocycles. The molecule has 1 fully saturated rings. The molecular formula is C23H33N3O2. The van der Waals surface area contributed by atoms with Gasteiger partial charge in [0.15, 0.2) is 0 Å². The smallest absolute Gasteiger partial charge is 0.277 e. The van der Waals surface area contributed by atoms with Crippen molar-refractivity contribution in [2.75, 3.05) is 39.3 Å². The summed E-state index contributed by atoms with van der Waals surface area (Å²) in [6, 6.07) is 6.12. The zero-order valence-corrected chi connectivity index (χ0v) is 17.8. The van der Waals surface area contributed by atoms with Crippen LogP contribution in [0.25, 0.3) is 5.57 Å². The van der Waals surface area contributed by atoms with Gasteiger partial charge in [-0.3, -0.25) is 14.5 Å². The molecule has 0 saturated carbocycles. The zero-order chi connectivity index (χ0) is 20.3. The first-order chi connectivity index (χ1) is 13.5. The molecule has 2 heterocycles. The molecule has 0 radical (unpaired) electrons. The molecule has 0 bridgehead atoms. The van der Waals surface area contributed by atoms with Gasteiger partial charge in [-0.05, 0) is 37.9 Å². The van der Waals surface area contributed by atoms with Crippen LogP contribution in [-0.4, -0.2) is 65.8 Å². The van der Waals surface area contributed by atoms with Crippen molar-refractivity contribution in [3.63, 3.8) is 0 Å². The molecule has 0 unspecified atom stereocenters. The lowest BCUT2D eigenvalue weighted by Gasteiger charge is -2.36. The van der Waals surface area contributed by atoms with Gasteiger partial charge in [-0.25, -0.2) is 0 Å². The van der Waals surface area contributed by atoms with E-state index in [4.69, 9.17) is 0 Å². The third-order valence-electron chi connectivity index (χ3n) is 5.92. The van der Waals surface area contributed by atoms with Crippen LogP contribution in [0.4, 0.5) is 0 Å². The van der Waals surface area contributed by atoms with Gasteiger partial charge in [0.25, 0.3) is 11.8 Å². The molecule has 152 valence electrons. The Morgan fingerprint density at radius 2 is 1.64 bits per heavy atom. The first-order valence-electron chi connectivity index (χ1n) is 10.6. The molecule has 1 aromatic rings. The number of carbonyl (C=O) groups is 2. The Labute approximate surface area is 169 Å². The molecule has 0 aromatic heterocycles. The van der Waals surface area contributed by atoms with E-state index < -0.39 is 0 Å². The Hall–Kier alpha value is -2.14. The standard InChI is InChI=1S/C23H33N3O2/c1-5-7-8-11-26-22(27)20(19-10-9-17(3)16-18(19)4)21(23(26)28)25-14-12-24(6-2)13-15-25/h9-10,16H,5-8,11-15H2,1-4H3. The summed E-state index contributed by atoms with van der Waals surface area (Å²) in [4.78, 5) is 32.6. The van der Waals surface area contributed by atoms with E-state index in [1.54, 1.807) is 0 Å². The van der Waals surface area contributed by atoms with E-state index in [2.05, 4.69) is 36.6 Å². The molecule has 0 N–H and O–H groups in total. The van der Waals surface area contributed by atoms with Crippen molar-refractivity contribution in [2.24, 2.45) is 0 Å². The highest BCUT2D eigenvalue weighted by molar-refractivity contribution is 6.35. The van der Waals surface area contributed by atoms with Gasteiger partial charge in [-0.2, -0.15) is 0 Å². The van der Waals surface area contributed by atoms with Crippen molar-refractivity contribution in [1.82, 2.24) is 14.7 Å². The maximum Gasteiger partial charge on any atom is 0.277 e. The highest BCUT2D eigenvalue weighted by atomic mass is 16.2. The summed E-state index contributed by atoms with van der Waals surface area (Å²) in [5, 5.41) is 0. The van der Waals surface area contributed by atoms with Crippen LogP contribution in [-0.2, 0) is 9.59 Å². The van der Waals surface area contributed by atoms with E-state index in [-0.39, 0.29) is 11.8 Å². The van der Waals surface area contributed by atoms with Crippen LogP contribution in [0.2, 0.25) is 0 Å². The summed E-state index contributed by atoms with van der Waals surface area (Å²) in [5.74, 6) is -0.234. The van der Waals surface area contributed by atoms with Gasteiger partial charge >= 0.3 is 0 Å². The number of aryl methyl sites for hydroxylation is 2. The maximum atomic E-state index is 13.3. The van der Waals surface area contributed by atoms with Crippen LogP contribution < -0.4 is 0 Å². The minimum Gasteiger partial charge on any atom is -0.364 e. The van der Waals surface area contributed by atoms with E-state index in [9.17, 15) is 9.59 Å². The van der Waals surface area contributed by atoms with Crippen LogP contribution >= 0.6 is 0 Å². The number of imide groups is 1. The second-order valence-electron chi connectivity index (χ2n) is 7.93. The summed E-state index contributed by atoms with van der Waals surface area (Å²) in [5.41, 5.74) is 4.33. The van der Waals surface area contributed by atoms with Crippen LogP contribution in [0.15, 0.2) is 23.9 Å². The monoisotopic (exact) mass is 383 g/mol. The SMILES string of the molecule is CCCCCN1C(=O)C(c2ccc(C)cc2C)=C(N2CCN(CC)CC2)C1=O. The third-order valence-corrected chi connectivity index (χ3v) is 5.92. The highest BCUT2D eigenvalue weighted by Crippen LogP contribution is 2.34. The predicted octanol–water partition coefficient (Wildman–Crippen LogP) is 3.21. The van der Waals surface area contributed by atoms with Crippen LogP contribution in [0.3, 0.4) is 0 Å². The average Bonchev–Trinajstić information content (AvgIpc) is 2.93. The molecule has 2 aliphatic rings. The van der Waals surface area contributed by atoms with Gasteiger partial charge in [0.05, 0.1) is 5.57 Å². The van der Waals surface area contributed by atoms with Crippen molar-refractivity contribution in [2.45, 2.75) is 47.0 Å². The second kappa shape index (κ2) is 8.91. The molecule has 5 nitrogen and oxygen atoms in total. The second-order valence-corrected chi connectivity index (χ2v) is 7.93. The van der Waals surface area contributed by atoms with Gasteiger partial charge in [-0.1, -0.05) is 50.5 Å². The number of carbonyl (C=O) groups excluding carboxylic acids is 2. The van der Waals surface area contributed by atoms with Crippen LogP contribution in [0.1, 0.15) is 49.8 Å². The first kappa shape index (κ1) is 20.6. The molecule has 28 heavy (non-hydrogen) atoms. The van der Waals surface area contributed by atoms with E-state index in [0.717, 1.165) is 68.7 Å². The van der Waals surface area contributed by atoms with E-state index >= 15 is 0 Å². The summed E-state index contributed by atoms with van der Waals surface area (Å²) in [6.45, 7) is 13.3. The number of rotatable bonds is 7. The quantitative estimate of drug-likeness (QED) is 0.536. The number of likely N-dealkylation sites (N-methyl/N-ethyl adjacent to an activating group) is 1. The zero-order valence-electron chi connectivity index (χ0n) is 17.8. The van der Waals surface area contributed by atoms with Crippen molar-refractivity contribution in [3.05, 3.63) is 40.6 Å². The Morgan fingerprint density at radius 3 is 2.25 bits per heavy atom. The largest absolute Gasteiger partial charge is 0.364 e. The fourth-order valence-electron chi connectivity index (χ4n) is 4.20. The number of piperazine rings is 1. The fraction of sp³-hybridized carbons (Fsp3) is 0.565. The fourth-order valence-corrected chi connectivity index (χ4v) is 4.20. The Balaban J connectivity index is 1.98. The number of hydrogen-bond acceptors (Lipinski definition) is 4. The number of nitrogens with zero attached hydrogens (tertiary/aromatic N) is 3. The van der Waals surface area contributed by atoms with Crippen LogP contribution in [0, 0.1) is 13.8 Å². The normalized spacial score (nSPS) is 18.6. The summed E-state index contributed by atoms with van der Waals surface area (Å²) >= 11 is 0. The van der Waals surface area contributed by atoms with Gasteiger partial charge in [0, 0.05) is 32.7 Å². The van der Waals surface area contributed by atoms with E-state index in [1.807, 2.05) is 19.1 Å². The number of benzene rings is 1. The van der Waals surface area contributed by atoms with Gasteiger partial charge in [0.1, 0.15) is 5.70 Å². The number of unbranched alkanes of at least 4 members (excludes halogenated alkanes) is 2. The lowest BCUT2D eigenvalue weighted by atomic mass is 9.97. The highest BCUT2D eigenvalue weighted by Gasteiger charge is 2.42. The van der Waals surface area contributed by atoms with Crippen molar-refractivity contribution >= 4 is 17.4 Å². The minimum absolute atomic E-state index is 0.110. The lowest BCUT2D eigenvalue weighted by molar-refractivity contribution is -0.137. The molecule has 2 aliphatic heterocycles. The molecule has 3 rings (SSSR count). The molecule has 2 amide bonds. The lowest BCUT2D eigenvalue weighted by Crippen LogP contribution is -2.47. The Morgan fingerprint density at radius 1 is 0.929 bits per heavy atom. The third kappa shape index (κ3) is 4.00. The topological polar surface area (TPSA) is 43.9 Å². The van der Waals surface area contributed by atoms with Gasteiger partial charge in [-0.15, -0.1) is 0 Å². The number of hydrogen-bond donors (Lipinski definition) is 0. The van der Waals surface area contributed by atoms with Gasteiger partial charge < -0.3 is 9.80 Å². The minimum atomic E-state index is -0.124. The predicted molar refractivity (Wildman–Crippen MR) is 113 cm³/mol. The Bertz CT molecular complexity index is 776.